The Balaban J connectivity index is 2.22. The number of benzene rings is 1. The van der Waals surface area contributed by atoms with Crippen molar-refractivity contribution < 1.29 is 13.5 Å². The lowest BCUT2D eigenvalue weighted by Crippen LogP contribution is -2.39. The summed E-state index contributed by atoms with van der Waals surface area (Å²) in [6, 6.07) is 6.18. The quantitative estimate of drug-likeness (QED) is 0.878. The third-order valence-electron chi connectivity index (χ3n) is 3.26. The van der Waals surface area contributed by atoms with E-state index in [0.717, 1.165) is 13.0 Å². The molecule has 1 aromatic carbocycles. The molecule has 1 saturated heterocycles. The molecule has 0 amide bonds. The van der Waals surface area contributed by atoms with Gasteiger partial charge >= 0.3 is 0 Å². The van der Waals surface area contributed by atoms with Crippen molar-refractivity contribution in [2.24, 2.45) is 5.92 Å². The van der Waals surface area contributed by atoms with Crippen molar-refractivity contribution >= 4 is 0 Å². The fraction of sp³-hybridized carbons (Fsp3) is 0.538. The average Bonchev–Trinajstić information content (AvgIpc) is 2.40. The van der Waals surface area contributed by atoms with Crippen LogP contribution in [-0.4, -0.2) is 20.2 Å². The number of hydrogen-bond acceptors (Lipinski definition) is 2. The molecule has 1 fully saturated rings. The van der Waals surface area contributed by atoms with Gasteiger partial charge in [-0.1, -0.05) is 12.1 Å². The molecule has 0 radical (unpaired) electrons. The molecular weight excluding hydrogens is 224 g/mol. The molecule has 1 N–H and O–H groups in total. The molecule has 1 aromatic rings. The Morgan fingerprint density at radius 3 is 2.88 bits per heavy atom. The van der Waals surface area contributed by atoms with Crippen LogP contribution in [0.4, 0.5) is 8.78 Å². The second-order valence-corrected chi connectivity index (χ2v) is 4.40. The molecule has 1 unspecified atom stereocenters. The highest BCUT2D eigenvalue weighted by atomic mass is 19.3. The van der Waals surface area contributed by atoms with E-state index in [1.165, 1.54) is 19.2 Å². The predicted molar refractivity (Wildman–Crippen MR) is 62.5 cm³/mol. The topological polar surface area (TPSA) is 21.3 Å². The average molecular weight is 241 g/mol. The lowest BCUT2D eigenvalue weighted by Gasteiger charge is -2.30. The van der Waals surface area contributed by atoms with Crippen LogP contribution in [0.25, 0.3) is 0 Å². The summed E-state index contributed by atoms with van der Waals surface area (Å²) >= 11 is 0. The molecule has 0 bridgehead atoms. The standard InChI is InChI=1S/C13H17F2NO/c1-17-12-6-2-4-10(8-12)13(14,15)11-5-3-7-16-9-11/h2,4,6,8,11,16H,3,5,7,9H2,1H3. The zero-order valence-corrected chi connectivity index (χ0v) is 9.88. The SMILES string of the molecule is COc1cccc(C(F)(F)C2CCCNC2)c1. The van der Waals surface area contributed by atoms with Crippen molar-refractivity contribution in [3.05, 3.63) is 29.8 Å². The third kappa shape index (κ3) is 2.57. The Morgan fingerprint density at radius 2 is 2.24 bits per heavy atom. The fourth-order valence-electron chi connectivity index (χ4n) is 2.23. The molecule has 17 heavy (non-hydrogen) atoms. The van der Waals surface area contributed by atoms with Gasteiger partial charge in [0.1, 0.15) is 5.75 Å². The number of ether oxygens (including phenoxy) is 1. The monoisotopic (exact) mass is 241 g/mol. The highest BCUT2D eigenvalue weighted by Gasteiger charge is 2.41. The van der Waals surface area contributed by atoms with Crippen molar-refractivity contribution in [1.29, 1.82) is 0 Å². The molecule has 94 valence electrons. The summed E-state index contributed by atoms with van der Waals surface area (Å²) < 4.78 is 33.5. The molecule has 4 heteroatoms. The molecule has 0 aliphatic carbocycles. The first-order chi connectivity index (χ1) is 8.14. The fourth-order valence-corrected chi connectivity index (χ4v) is 2.23. The van der Waals surface area contributed by atoms with Gasteiger partial charge in [0.05, 0.1) is 7.11 Å². The molecule has 2 rings (SSSR count). The summed E-state index contributed by atoms with van der Waals surface area (Å²) in [6.07, 6.45) is 1.38. The first-order valence-electron chi connectivity index (χ1n) is 5.87. The number of piperidine rings is 1. The van der Waals surface area contributed by atoms with Crippen LogP contribution in [0.3, 0.4) is 0 Å². The van der Waals surface area contributed by atoms with Gasteiger partial charge in [0.25, 0.3) is 5.92 Å². The van der Waals surface area contributed by atoms with Crippen LogP contribution in [0.2, 0.25) is 0 Å². The first-order valence-corrected chi connectivity index (χ1v) is 5.87. The minimum Gasteiger partial charge on any atom is -0.497 e. The highest BCUT2D eigenvalue weighted by Crippen LogP contribution is 2.40. The number of rotatable bonds is 3. The smallest absolute Gasteiger partial charge is 0.277 e. The van der Waals surface area contributed by atoms with Crippen LogP contribution in [-0.2, 0) is 5.92 Å². The van der Waals surface area contributed by atoms with E-state index in [9.17, 15) is 8.78 Å². The maximum Gasteiger partial charge on any atom is 0.277 e. The molecule has 1 aliphatic heterocycles. The van der Waals surface area contributed by atoms with E-state index in [-0.39, 0.29) is 5.56 Å². The predicted octanol–water partition coefficient (Wildman–Crippen LogP) is 2.79. The second-order valence-electron chi connectivity index (χ2n) is 4.40. The van der Waals surface area contributed by atoms with Crippen LogP contribution >= 0.6 is 0 Å². The van der Waals surface area contributed by atoms with Gasteiger partial charge < -0.3 is 10.1 Å². The second kappa shape index (κ2) is 5.00. The van der Waals surface area contributed by atoms with Crippen LogP contribution in [0, 0.1) is 5.92 Å². The summed E-state index contributed by atoms with van der Waals surface area (Å²) in [5, 5.41) is 3.03. The van der Waals surface area contributed by atoms with Crippen LogP contribution in [0.15, 0.2) is 24.3 Å². The van der Waals surface area contributed by atoms with E-state index in [0.29, 0.717) is 18.7 Å². The van der Waals surface area contributed by atoms with Gasteiger partial charge in [-0.15, -0.1) is 0 Å². The molecule has 0 aromatic heterocycles. The number of hydrogen-bond donors (Lipinski definition) is 1. The Hall–Kier alpha value is -1.16. The van der Waals surface area contributed by atoms with Gasteiger partial charge in [-0.25, -0.2) is 8.78 Å². The molecule has 0 spiro atoms. The summed E-state index contributed by atoms with van der Waals surface area (Å²) in [5.41, 5.74) is 0.0468. The van der Waals surface area contributed by atoms with Crippen molar-refractivity contribution in [3.63, 3.8) is 0 Å². The third-order valence-corrected chi connectivity index (χ3v) is 3.26. The highest BCUT2D eigenvalue weighted by molar-refractivity contribution is 5.31. The van der Waals surface area contributed by atoms with E-state index in [1.54, 1.807) is 12.1 Å². The van der Waals surface area contributed by atoms with Crippen molar-refractivity contribution in [2.45, 2.75) is 18.8 Å². The molecule has 0 saturated carbocycles. The van der Waals surface area contributed by atoms with E-state index in [4.69, 9.17) is 4.74 Å². The summed E-state index contributed by atoms with van der Waals surface area (Å²) in [4.78, 5) is 0. The van der Waals surface area contributed by atoms with Crippen molar-refractivity contribution in [1.82, 2.24) is 5.32 Å². The van der Waals surface area contributed by atoms with E-state index >= 15 is 0 Å². The number of methoxy groups -OCH3 is 1. The maximum atomic E-state index is 14.3. The number of nitrogens with one attached hydrogen (secondary N) is 1. The van der Waals surface area contributed by atoms with Gasteiger partial charge in [0, 0.05) is 18.0 Å². The van der Waals surface area contributed by atoms with E-state index < -0.39 is 11.8 Å². The number of alkyl halides is 2. The van der Waals surface area contributed by atoms with Gasteiger partial charge in [-0.05, 0) is 31.5 Å². The lowest BCUT2D eigenvalue weighted by molar-refractivity contribution is -0.0725. The molecule has 2 nitrogen and oxygen atoms in total. The normalized spacial score (nSPS) is 21.2. The van der Waals surface area contributed by atoms with Gasteiger partial charge in [-0.2, -0.15) is 0 Å². The minimum atomic E-state index is -2.79. The Labute approximate surface area is 100.0 Å². The lowest BCUT2D eigenvalue weighted by atomic mass is 9.88. The minimum absolute atomic E-state index is 0.0468. The molecular formula is C13H17F2NO. The Morgan fingerprint density at radius 1 is 1.41 bits per heavy atom. The summed E-state index contributed by atoms with van der Waals surface area (Å²) in [6.45, 7) is 1.22. The van der Waals surface area contributed by atoms with Gasteiger partial charge in [-0.3, -0.25) is 0 Å². The molecule has 1 aliphatic rings. The van der Waals surface area contributed by atoms with Crippen LogP contribution in [0.1, 0.15) is 18.4 Å². The van der Waals surface area contributed by atoms with Crippen LogP contribution in [0.5, 0.6) is 5.75 Å². The number of halogens is 2. The molecule has 1 atom stereocenters. The van der Waals surface area contributed by atoms with E-state index in [1.807, 2.05) is 0 Å². The van der Waals surface area contributed by atoms with Crippen molar-refractivity contribution in [2.75, 3.05) is 20.2 Å². The maximum absolute atomic E-state index is 14.3. The van der Waals surface area contributed by atoms with Gasteiger partial charge in [0.15, 0.2) is 0 Å². The summed E-state index contributed by atoms with van der Waals surface area (Å²) in [7, 11) is 1.49. The zero-order chi connectivity index (χ0) is 12.3. The van der Waals surface area contributed by atoms with E-state index in [2.05, 4.69) is 5.32 Å². The molecule has 1 heterocycles. The summed E-state index contributed by atoms with van der Waals surface area (Å²) in [5.74, 6) is -2.93. The van der Waals surface area contributed by atoms with Gasteiger partial charge in [0.2, 0.25) is 0 Å². The van der Waals surface area contributed by atoms with Crippen LogP contribution < -0.4 is 10.1 Å². The van der Waals surface area contributed by atoms with Crippen molar-refractivity contribution in [3.8, 4) is 5.75 Å². The first kappa shape index (κ1) is 12.3. The largest absolute Gasteiger partial charge is 0.497 e. The Bertz CT molecular complexity index is 375. The zero-order valence-electron chi connectivity index (χ0n) is 9.88. The Kier molecular flexibility index (Phi) is 3.62.